The third-order valence-electron chi connectivity index (χ3n) is 4.76. The number of halogens is 2. The Bertz CT molecular complexity index is 1230. The Morgan fingerprint density at radius 3 is 1.86 bits per heavy atom. The molecule has 0 atom stereocenters. The molecule has 0 unspecified atom stereocenters. The van der Waals surface area contributed by atoms with Crippen LogP contribution in [0, 0.1) is 0 Å². The van der Waals surface area contributed by atoms with E-state index in [9.17, 15) is 19.2 Å². The van der Waals surface area contributed by atoms with E-state index < -0.39 is 24.4 Å². The predicted molar refractivity (Wildman–Crippen MR) is 144 cm³/mol. The van der Waals surface area contributed by atoms with Crippen LogP contribution >= 0.6 is 31.9 Å². The number of amides is 3. The third kappa shape index (κ3) is 10.1. The van der Waals surface area contributed by atoms with E-state index in [1.807, 2.05) is 24.3 Å². The Hall–Kier alpha value is -3.70. The van der Waals surface area contributed by atoms with Gasteiger partial charge in [-0.2, -0.15) is 0 Å². The van der Waals surface area contributed by atoms with Crippen LogP contribution in [0.25, 0.3) is 0 Å². The fraction of sp³-hybridized carbons (Fsp3) is 0.154. The van der Waals surface area contributed by atoms with Gasteiger partial charge in [0.05, 0.1) is 0 Å². The molecule has 0 aromatic heterocycles. The first-order valence-electron chi connectivity index (χ1n) is 11.1. The molecule has 0 heterocycles. The first-order chi connectivity index (χ1) is 17.8. The lowest BCUT2D eigenvalue weighted by Gasteiger charge is -2.09. The van der Waals surface area contributed by atoms with E-state index >= 15 is 0 Å². The lowest BCUT2D eigenvalue weighted by Crippen LogP contribution is -2.43. The maximum absolute atomic E-state index is 12.1. The Morgan fingerprint density at radius 1 is 0.676 bits per heavy atom. The highest BCUT2D eigenvalue weighted by atomic mass is 79.9. The Kier molecular flexibility index (Phi) is 10.7. The summed E-state index contributed by atoms with van der Waals surface area (Å²) in [6.07, 6.45) is 0.310. The maximum atomic E-state index is 12.1. The molecule has 0 fully saturated rings. The molecule has 3 amide bonds. The highest BCUT2D eigenvalue weighted by Crippen LogP contribution is 2.24. The molecule has 0 aliphatic carbocycles. The van der Waals surface area contributed by atoms with E-state index in [1.165, 1.54) is 0 Å². The van der Waals surface area contributed by atoms with Crippen LogP contribution in [0.2, 0.25) is 0 Å². The molecule has 3 rings (SSSR count). The Morgan fingerprint density at radius 2 is 1.24 bits per heavy atom. The lowest BCUT2D eigenvalue weighted by molar-refractivity contribution is -0.148. The standard InChI is InChI=1S/C26H23Br2N3O6/c27-18-6-4-17(5-7-18)26(35)31-30-24(33)16-36-25(34)3-1-2-23(32)29-20-10-14-22(15-11-20)37-21-12-8-19(28)9-13-21/h4-15H,1-3,16H2,(H,29,32)(H,30,33)(H,31,35). The number of benzene rings is 3. The molecular formula is C26H23Br2N3O6. The van der Waals surface area contributed by atoms with Crippen molar-refractivity contribution in [2.45, 2.75) is 19.3 Å². The number of anilines is 1. The summed E-state index contributed by atoms with van der Waals surface area (Å²) in [6, 6.07) is 20.9. The molecule has 37 heavy (non-hydrogen) atoms. The number of nitrogens with one attached hydrogen (secondary N) is 3. The first kappa shape index (κ1) is 27.9. The van der Waals surface area contributed by atoms with Gasteiger partial charge in [-0.15, -0.1) is 0 Å². The number of rotatable bonds is 10. The van der Waals surface area contributed by atoms with E-state index in [0.29, 0.717) is 22.7 Å². The number of hydrogen-bond donors (Lipinski definition) is 3. The molecule has 192 valence electrons. The molecule has 3 aromatic rings. The van der Waals surface area contributed by atoms with Crippen molar-refractivity contribution >= 4 is 61.2 Å². The van der Waals surface area contributed by atoms with E-state index in [0.717, 1.165) is 8.95 Å². The molecule has 0 radical (unpaired) electrons. The average molecular weight is 633 g/mol. The zero-order chi connectivity index (χ0) is 26.6. The predicted octanol–water partition coefficient (Wildman–Crippen LogP) is 5.12. The van der Waals surface area contributed by atoms with Gasteiger partial charge in [-0.3, -0.25) is 30.0 Å². The summed E-state index contributed by atoms with van der Waals surface area (Å²) in [6.45, 7) is -0.555. The molecule has 0 saturated carbocycles. The SMILES string of the molecule is O=C(COC(=O)CCCC(=O)Nc1ccc(Oc2ccc(Br)cc2)cc1)NNC(=O)c1ccc(Br)cc1. The van der Waals surface area contributed by atoms with Crippen LogP contribution < -0.4 is 20.9 Å². The van der Waals surface area contributed by atoms with Gasteiger partial charge in [-0.1, -0.05) is 31.9 Å². The van der Waals surface area contributed by atoms with Crippen LogP contribution in [0.3, 0.4) is 0 Å². The molecule has 3 N–H and O–H groups in total. The van der Waals surface area contributed by atoms with Crippen LogP contribution in [0.4, 0.5) is 5.69 Å². The Balaban J connectivity index is 1.29. The minimum atomic E-state index is -0.691. The summed E-state index contributed by atoms with van der Waals surface area (Å²) in [4.78, 5) is 47.7. The number of carbonyl (C=O) groups is 4. The molecule has 0 spiro atoms. The summed E-state index contributed by atoms with van der Waals surface area (Å²) >= 11 is 6.64. The molecule has 0 aliphatic rings. The number of hydrazine groups is 1. The smallest absolute Gasteiger partial charge is 0.306 e. The fourth-order valence-corrected chi connectivity index (χ4v) is 3.44. The van der Waals surface area contributed by atoms with Crippen molar-refractivity contribution in [1.82, 2.24) is 10.9 Å². The van der Waals surface area contributed by atoms with Crippen molar-refractivity contribution in [2.24, 2.45) is 0 Å². The second kappa shape index (κ2) is 14.1. The average Bonchev–Trinajstić information content (AvgIpc) is 2.89. The number of hydrogen-bond acceptors (Lipinski definition) is 6. The normalized spacial score (nSPS) is 10.2. The van der Waals surface area contributed by atoms with Crippen LogP contribution in [0.1, 0.15) is 29.6 Å². The van der Waals surface area contributed by atoms with E-state index in [1.54, 1.807) is 48.5 Å². The number of esters is 1. The highest BCUT2D eigenvalue weighted by Gasteiger charge is 2.11. The van der Waals surface area contributed by atoms with Crippen molar-refractivity contribution in [3.8, 4) is 11.5 Å². The molecule has 0 bridgehead atoms. The van der Waals surface area contributed by atoms with Gasteiger partial charge in [-0.05, 0) is 79.2 Å². The number of ether oxygens (including phenoxy) is 2. The summed E-state index contributed by atoms with van der Waals surface area (Å²) in [7, 11) is 0. The van der Waals surface area contributed by atoms with Crippen LogP contribution in [0.5, 0.6) is 11.5 Å². The van der Waals surface area contributed by atoms with Gasteiger partial charge >= 0.3 is 5.97 Å². The first-order valence-corrected chi connectivity index (χ1v) is 12.7. The third-order valence-corrected chi connectivity index (χ3v) is 5.82. The summed E-state index contributed by atoms with van der Waals surface area (Å²) < 4.78 is 12.4. The summed E-state index contributed by atoms with van der Waals surface area (Å²) in [5, 5.41) is 2.75. The molecule has 3 aromatic carbocycles. The number of carbonyl (C=O) groups excluding carboxylic acids is 4. The van der Waals surface area contributed by atoms with Gasteiger partial charge in [0.1, 0.15) is 11.5 Å². The van der Waals surface area contributed by atoms with Crippen molar-refractivity contribution in [2.75, 3.05) is 11.9 Å². The van der Waals surface area contributed by atoms with Crippen LogP contribution in [-0.4, -0.2) is 30.3 Å². The van der Waals surface area contributed by atoms with E-state index in [4.69, 9.17) is 9.47 Å². The van der Waals surface area contributed by atoms with Crippen LogP contribution in [-0.2, 0) is 19.1 Å². The van der Waals surface area contributed by atoms with Gasteiger partial charge in [-0.25, -0.2) is 0 Å². The lowest BCUT2D eigenvalue weighted by atomic mass is 10.2. The van der Waals surface area contributed by atoms with Gasteiger partial charge < -0.3 is 14.8 Å². The van der Waals surface area contributed by atoms with Crippen molar-refractivity contribution in [3.63, 3.8) is 0 Å². The van der Waals surface area contributed by atoms with Gasteiger partial charge in [0, 0.05) is 33.0 Å². The van der Waals surface area contributed by atoms with Gasteiger partial charge in [0.25, 0.3) is 11.8 Å². The molecule has 0 saturated heterocycles. The van der Waals surface area contributed by atoms with Crippen LogP contribution in [0.15, 0.2) is 81.7 Å². The highest BCUT2D eigenvalue weighted by molar-refractivity contribution is 9.10. The summed E-state index contributed by atoms with van der Waals surface area (Å²) in [5.74, 6) is -0.775. The topological polar surface area (TPSA) is 123 Å². The van der Waals surface area contributed by atoms with E-state index in [-0.39, 0.29) is 25.2 Å². The van der Waals surface area contributed by atoms with E-state index in [2.05, 4.69) is 48.0 Å². The minimum absolute atomic E-state index is 0.0358. The fourth-order valence-electron chi connectivity index (χ4n) is 2.92. The monoisotopic (exact) mass is 631 g/mol. The molecule has 9 nitrogen and oxygen atoms in total. The minimum Gasteiger partial charge on any atom is -0.457 e. The summed E-state index contributed by atoms with van der Waals surface area (Å²) in [5.41, 5.74) is 5.35. The maximum Gasteiger partial charge on any atom is 0.306 e. The largest absolute Gasteiger partial charge is 0.457 e. The van der Waals surface area contributed by atoms with Gasteiger partial charge in [0.15, 0.2) is 6.61 Å². The van der Waals surface area contributed by atoms with Crippen molar-refractivity contribution in [1.29, 1.82) is 0 Å². The quantitative estimate of drug-likeness (QED) is 0.211. The molecular weight excluding hydrogens is 610 g/mol. The Labute approximate surface area is 230 Å². The van der Waals surface area contributed by atoms with Gasteiger partial charge in [0.2, 0.25) is 5.91 Å². The molecule has 11 heteroatoms. The zero-order valence-electron chi connectivity index (χ0n) is 19.5. The van der Waals surface area contributed by atoms with Crippen molar-refractivity contribution < 1.29 is 28.7 Å². The second-order valence-corrected chi connectivity index (χ2v) is 9.48. The second-order valence-electron chi connectivity index (χ2n) is 7.65. The molecule has 0 aliphatic heterocycles. The van der Waals surface area contributed by atoms with Crippen molar-refractivity contribution in [3.05, 3.63) is 87.3 Å². The zero-order valence-corrected chi connectivity index (χ0v) is 22.6.